The van der Waals surface area contributed by atoms with Gasteiger partial charge in [-0.15, -0.1) is 0 Å². The molecule has 0 aromatic heterocycles. The first-order chi connectivity index (χ1) is 11.8. The van der Waals surface area contributed by atoms with Crippen LogP contribution in [-0.4, -0.2) is 31.7 Å². The van der Waals surface area contributed by atoms with Crippen LogP contribution >= 0.6 is 0 Å². The van der Waals surface area contributed by atoms with Gasteiger partial charge in [0.05, 0.1) is 10.3 Å². The van der Waals surface area contributed by atoms with E-state index in [1.165, 1.54) is 16.4 Å². The van der Waals surface area contributed by atoms with Crippen molar-refractivity contribution in [3.63, 3.8) is 0 Å². The number of nitrogens with one attached hydrogen (secondary N) is 1. The molecule has 2 heterocycles. The van der Waals surface area contributed by atoms with E-state index < -0.39 is 21.3 Å². The maximum atomic E-state index is 13.6. The van der Waals surface area contributed by atoms with Gasteiger partial charge in [0.1, 0.15) is 5.82 Å². The van der Waals surface area contributed by atoms with Crippen molar-refractivity contribution in [3.05, 3.63) is 59.4 Å². The summed E-state index contributed by atoms with van der Waals surface area (Å²) in [6.07, 6.45) is 0.406. The molecule has 1 atom stereocenters. The summed E-state index contributed by atoms with van der Waals surface area (Å²) in [4.78, 5) is 12.5. The van der Waals surface area contributed by atoms with Gasteiger partial charge in [0.2, 0.25) is 15.9 Å². The summed E-state index contributed by atoms with van der Waals surface area (Å²) < 4.78 is 40.8. The molecule has 130 valence electrons. The number of para-hydroxylation sites is 1. The molecule has 1 N–H and O–H groups in total. The normalized spacial score (nSPS) is 23.0. The zero-order chi connectivity index (χ0) is 17.8. The van der Waals surface area contributed by atoms with Gasteiger partial charge in [-0.1, -0.05) is 24.3 Å². The summed E-state index contributed by atoms with van der Waals surface area (Å²) >= 11 is 0. The van der Waals surface area contributed by atoms with E-state index in [1.807, 2.05) is 24.3 Å². The molecule has 4 rings (SSSR count). The fourth-order valence-corrected chi connectivity index (χ4v) is 5.49. The Balaban J connectivity index is 1.74. The van der Waals surface area contributed by atoms with Crippen LogP contribution in [0.1, 0.15) is 17.5 Å². The van der Waals surface area contributed by atoms with Gasteiger partial charge in [-0.3, -0.25) is 4.79 Å². The highest BCUT2D eigenvalue weighted by Gasteiger charge is 2.53. The summed E-state index contributed by atoms with van der Waals surface area (Å²) in [5, 5.41) is 2.84. The first kappa shape index (κ1) is 16.2. The standard InChI is InChI=1S/C18H17FN2O3S/c1-12-6-7-13(19)10-16(12)25(23,24)21-9-8-18(11-21)14-4-2-3-5-15(14)20-17(18)22/h2-7,10H,8-9,11H2,1H3,(H,20,22). The average molecular weight is 360 g/mol. The van der Waals surface area contributed by atoms with Crippen molar-refractivity contribution in [3.8, 4) is 0 Å². The van der Waals surface area contributed by atoms with Crippen LogP contribution in [0.25, 0.3) is 0 Å². The Labute approximate surface area is 145 Å². The van der Waals surface area contributed by atoms with Gasteiger partial charge < -0.3 is 5.32 Å². The van der Waals surface area contributed by atoms with Gasteiger partial charge in [-0.25, -0.2) is 12.8 Å². The van der Waals surface area contributed by atoms with Crippen molar-refractivity contribution in [2.45, 2.75) is 23.7 Å². The maximum Gasteiger partial charge on any atom is 0.243 e. The van der Waals surface area contributed by atoms with E-state index in [9.17, 15) is 17.6 Å². The Hall–Kier alpha value is -2.25. The summed E-state index contributed by atoms with van der Waals surface area (Å²) in [5.74, 6) is -0.774. The van der Waals surface area contributed by atoms with E-state index in [0.717, 1.165) is 17.3 Å². The molecular weight excluding hydrogens is 343 g/mol. The SMILES string of the molecule is Cc1ccc(F)cc1S(=O)(=O)N1CCC2(C1)C(=O)Nc1ccccc12. The van der Waals surface area contributed by atoms with E-state index in [1.54, 1.807) is 6.92 Å². The van der Waals surface area contributed by atoms with E-state index in [0.29, 0.717) is 12.0 Å². The van der Waals surface area contributed by atoms with Crippen LogP contribution < -0.4 is 5.32 Å². The number of carbonyl (C=O) groups excluding carboxylic acids is 1. The van der Waals surface area contributed by atoms with E-state index >= 15 is 0 Å². The van der Waals surface area contributed by atoms with Crippen molar-refractivity contribution in [1.82, 2.24) is 4.31 Å². The number of nitrogens with zero attached hydrogens (tertiary/aromatic N) is 1. The molecule has 1 spiro atoms. The molecule has 2 aromatic carbocycles. The van der Waals surface area contributed by atoms with Crippen LogP contribution in [0.2, 0.25) is 0 Å². The van der Waals surface area contributed by atoms with Crippen molar-refractivity contribution >= 4 is 21.6 Å². The molecule has 1 unspecified atom stereocenters. The highest BCUT2D eigenvalue weighted by molar-refractivity contribution is 7.89. The third-order valence-corrected chi connectivity index (χ3v) is 7.11. The minimum Gasteiger partial charge on any atom is -0.325 e. The molecule has 7 heteroatoms. The number of halogens is 1. The summed E-state index contributed by atoms with van der Waals surface area (Å²) in [6, 6.07) is 11.1. The topological polar surface area (TPSA) is 66.5 Å². The molecule has 25 heavy (non-hydrogen) atoms. The minimum absolute atomic E-state index is 0.0451. The molecule has 0 bridgehead atoms. The fraction of sp³-hybridized carbons (Fsp3) is 0.278. The van der Waals surface area contributed by atoms with Gasteiger partial charge in [0.25, 0.3) is 0 Å². The number of aryl methyl sites for hydroxylation is 1. The first-order valence-corrected chi connectivity index (χ1v) is 9.46. The zero-order valence-electron chi connectivity index (χ0n) is 13.6. The Kier molecular flexibility index (Phi) is 3.49. The number of rotatable bonds is 2. The van der Waals surface area contributed by atoms with Crippen molar-refractivity contribution in [1.29, 1.82) is 0 Å². The molecule has 1 saturated heterocycles. The lowest BCUT2D eigenvalue weighted by atomic mass is 9.81. The Morgan fingerprint density at radius 3 is 2.76 bits per heavy atom. The zero-order valence-corrected chi connectivity index (χ0v) is 14.4. The largest absolute Gasteiger partial charge is 0.325 e. The van der Waals surface area contributed by atoms with Crippen LogP contribution in [0, 0.1) is 12.7 Å². The lowest BCUT2D eigenvalue weighted by Crippen LogP contribution is -2.39. The number of anilines is 1. The average Bonchev–Trinajstić information content (AvgIpc) is 3.15. The smallest absolute Gasteiger partial charge is 0.243 e. The molecule has 1 amide bonds. The molecule has 0 aliphatic carbocycles. The maximum absolute atomic E-state index is 13.6. The van der Waals surface area contributed by atoms with Crippen LogP contribution in [0.4, 0.5) is 10.1 Å². The minimum atomic E-state index is -3.87. The molecule has 0 saturated carbocycles. The van der Waals surface area contributed by atoms with Crippen LogP contribution in [0.15, 0.2) is 47.4 Å². The molecule has 2 aliphatic rings. The van der Waals surface area contributed by atoms with Crippen molar-refractivity contribution in [2.24, 2.45) is 0 Å². The second-order valence-corrected chi connectivity index (χ2v) is 8.49. The number of benzene rings is 2. The van der Waals surface area contributed by atoms with Crippen LogP contribution in [-0.2, 0) is 20.2 Å². The molecule has 0 radical (unpaired) electrons. The predicted molar refractivity (Wildman–Crippen MR) is 91.3 cm³/mol. The number of sulfonamides is 1. The molecule has 5 nitrogen and oxygen atoms in total. The van der Waals surface area contributed by atoms with Gasteiger partial charge >= 0.3 is 0 Å². The number of fused-ring (bicyclic) bond motifs is 2. The van der Waals surface area contributed by atoms with Gasteiger partial charge in [-0.05, 0) is 42.7 Å². The second kappa shape index (κ2) is 5.37. The van der Waals surface area contributed by atoms with Gasteiger partial charge in [-0.2, -0.15) is 4.31 Å². The monoisotopic (exact) mass is 360 g/mol. The van der Waals surface area contributed by atoms with E-state index in [-0.39, 0.29) is 23.9 Å². The number of carbonyl (C=O) groups is 1. The molecule has 1 fully saturated rings. The van der Waals surface area contributed by atoms with Crippen molar-refractivity contribution < 1.29 is 17.6 Å². The van der Waals surface area contributed by atoms with Gasteiger partial charge in [0, 0.05) is 18.8 Å². The van der Waals surface area contributed by atoms with Crippen molar-refractivity contribution in [2.75, 3.05) is 18.4 Å². The number of amides is 1. The number of hydrogen-bond donors (Lipinski definition) is 1. The summed E-state index contributed by atoms with van der Waals surface area (Å²) in [7, 11) is -3.87. The molecule has 2 aromatic rings. The van der Waals surface area contributed by atoms with E-state index in [4.69, 9.17) is 0 Å². The first-order valence-electron chi connectivity index (χ1n) is 8.02. The third kappa shape index (κ3) is 2.30. The van der Waals surface area contributed by atoms with Gasteiger partial charge in [0.15, 0.2) is 0 Å². The predicted octanol–water partition coefficient (Wildman–Crippen LogP) is 2.42. The Morgan fingerprint density at radius 1 is 1.20 bits per heavy atom. The van der Waals surface area contributed by atoms with Crippen LogP contribution in [0.5, 0.6) is 0 Å². The molecular formula is C18H17FN2O3S. The fourth-order valence-electron chi connectivity index (χ4n) is 3.75. The second-order valence-electron chi connectivity index (χ2n) is 6.58. The third-order valence-electron chi connectivity index (χ3n) is 5.13. The van der Waals surface area contributed by atoms with E-state index in [2.05, 4.69) is 5.32 Å². The Bertz CT molecular complexity index is 990. The lowest BCUT2D eigenvalue weighted by molar-refractivity contribution is -0.120. The highest BCUT2D eigenvalue weighted by Crippen LogP contribution is 2.45. The Morgan fingerprint density at radius 2 is 1.96 bits per heavy atom. The summed E-state index contributed by atoms with van der Waals surface area (Å²) in [5.41, 5.74) is 1.17. The quantitative estimate of drug-likeness (QED) is 0.894. The highest BCUT2D eigenvalue weighted by atomic mass is 32.2. The molecule has 2 aliphatic heterocycles. The number of hydrogen-bond acceptors (Lipinski definition) is 3. The lowest BCUT2D eigenvalue weighted by Gasteiger charge is -2.23. The summed E-state index contributed by atoms with van der Waals surface area (Å²) in [6.45, 7) is 1.92. The van der Waals surface area contributed by atoms with Crippen LogP contribution in [0.3, 0.4) is 0 Å².